The zero-order valence-electron chi connectivity index (χ0n) is 17.1. The molecule has 1 aliphatic heterocycles. The number of halogens is 1. The molecule has 1 atom stereocenters. The van der Waals surface area contributed by atoms with Gasteiger partial charge in [-0.1, -0.05) is 29.8 Å². The minimum atomic E-state index is -3.63. The molecule has 1 heterocycles. The Morgan fingerprint density at radius 3 is 2.39 bits per heavy atom. The number of ether oxygens (including phenoxy) is 1. The predicted molar refractivity (Wildman–Crippen MR) is 121 cm³/mol. The van der Waals surface area contributed by atoms with Crippen molar-refractivity contribution in [2.75, 3.05) is 39.4 Å². The summed E-state index contributed by atoms with van der Waals surface area (Å²) in [7, 11) is -3.63. The number of morpholine rings is 1. The molecule has 7 nitrogen and oxygen atoms in total. The lowest BCUT2D eigenvalue weighted by Crippen LogP contribution is -2.43. The summed E-state index contributed by atoms with van der Waals surface area (Å²) in [6, 6.07) is 13.4. The zero-order valence-corrected chi connectivity index (χ0v) is 18.7. The van der Waals surface area contributed by atoms with Crippen molar-refractivity contribution in [3.8, 4) is 0 Å². The van der Waals surface area contributed by atoms with Crippen LogP contribution in [0.2, 0.25) is 5.02 Å². The van der Waals surface area contributed by atoms with Crippen molar-refractivity contribution in [3.05, 3.63) is 77.3 Å². The normalized spacial score (nSPS) is 15.9. The second-order valence-electron chi connectivity index (χ2n) is 7.09. The maximum absolute atomic E-state index is 12.7. The van der Waals surface area contributed by atoms with E-state index in [1.165, 1.54) is 30.3 Å². The molecule has 166 valence electrons. The van der Waals surface area contributed by atoms with Crippen molar-refractivity contribution in [1.29, 1.82) is 0 Å². The van der Waals surface area contributed by atoms with E-state index in [2.05, 4.69) is 21.5 Å². The van der Waals surface area contributed by atoms with Crippen LogP contribution in [0.25, 0.3) is 0 Å². The molecule has 1 aliphatic rings. The van der Waals surface area contributed by atoms with E-state index in [0.29, 0.717) is 30.3 Å². The van der Waals surface area contributed by atoms with Crippen LogP contribution in [0.15, 0.2) is 66.1 Å². The SMILES string of the molecule is C=CCNS(=O)(=O)c1ccc(C(=O)NCC(c2ccc(Cl)cc2)N2CCOCC2)cc1. The van der Waals surface area contributed by atoms with Crippen molar-refractivity contribution >= 4 is 27.5 Å². The summed E-state index contributed by atoms with van der Waals surface area (Å²) in [6.07, 6.45) is 1.46. The molecule has 9 heteroatoms. The molecular weight excluding hydrogens is 438 g/mol. The van der Waals surface area contributed by atoms with Gasteiger partial charge in [-0.15, -0.1) is 6.58 Å². The number of nitrogens with zero attached hydrogens (tertiary/aromatic N) is 1. The highest BCUT2D eigenvalue weighted by atomic mass is 35.5. The summed E-state index contributed by atoms with van der Waals surface area (Å²) in [5, 5.41) is 3.63. The highest BCUT2D eigenvalue weighted by Gasteiger charge is 2.23. The quantitative estimate of drug-likeness (QED) is 0.558. The van der Waals surface area contributed by atoms with Crippen LogP contribution in [-0.2, 0) is 14.8 Å². The summed E-state index contributed by atoms with van der Waals surface area (Å²) in [6.45, 7) is 6.87. The molecule has 1 unspecified atom stereocenters. The summed E-state index contributed by atoms with van der Waals surface area (Å²) in [4.78, 5) is 15.1. The third-order valence-electron chi connectivity index (χ3n) is 5.04. The van der Waals surface area contributed by atoms with Crippen molar-refractivity contribution < 1.29 is 17.9 Å². The van der Waals surface area contributed by atoms with E-state index in [0.717, 1.165) is 18.7 Å². The Balaban J connectivity index is 1.68. The van der Waals surface area contributed by atoms with Gasteiger partial charge in [0.25, 0.3) is 5.91 Å². The first kappa shape index (κ1) is 23.4. The van der Waals surface area contributed by atoms with Gasteiger partial charge in [0.05, 0.1) is 24.2 Å². The Morgan fingerprint density at radius 1 is 1.13 bits per heavy atom. The molecule has 2 N–H and O–H groups in total. The Labute approximate surface area is 188 Å². The van der Waals surface area contributed by atoms with Gasteiger partial charge in [0.15, 0.2) is 0 Å². The largest absolute Gasteiger partial charge is 0.379 e. The first-order valence-corrected chi connectivity index (χ1v) is 11.8. The van der Waals surface area contributed by atoms with Gasteiger partial charge in [-0.25, -0.2) is 13.1 Å². The van der Waals surface area contributed by atoms with Gasteiger partial charge in [0.2, 0.25) is 10.0 Å². The van der Waals surface area contributed by atoms with Gasteiger partial charge in [-0.05, 0) is 42.0 Å². The summed E-state index contributed by atoms with van der Waals surface area (Å²) in [5.41, 5.74) is 1.45. The van der Waals surface area contributed by atoms with E-state index in [1.54, 1.807) is 0 Å². The van der Waals surface area contributed by atoms with E-state index in [-0.39, 0.29) is 23.4 Å². The standard InChI is InChI=1S/C22H26ClN3O4S/c1-2-11-25-31(28,29)20-9-5-18(6-10-20)22(27)24-16-21(26-12-14-30-15-13-26)17-3-7-19(23)8-4-17/h2-10,21,25H,1,11-16H2,(H,24,27). The molecule has 3 rings (SSSR count). The van der Waals surface area contributed by atoms with Crippen LogP contribution >= 0.6 is 11.6 Å². The molecule has 0 radical (unpaired) electrons. The molecule has 31 heavy (non-hydrogen) atoms. The molecular formula is C22H26ClN3O4S. The number of nitrogens with one attached hydrogen (secondary N) is 2. The zero-order chi connectivity index (χ0) is 22.3. The van der Waals surface area contributed by atoms with Gasteiger partial charge in [-0.3, -0.25) is 9.69 Å². The van der Waals surface area contributed by atoms with E-state index in [4.69, 9.17) is 16.3 Å². The van der Waals surface area contributed by atoms with Crippen LogP contribution in [0.5, 0.6) is 0 Å². The van der Waals surface area contributed by atoms with E-state index < -0.39 is 10.0 Å². The molecule has 2 aromatic rings. The fraction of sp³-hybridized carbons (Fsp3) is 0.318. The number of benzene rings is 2. The monoisotopic (exact) mass is 463 g/mol. The maximum Gasteiger partial charge on any atom is 0.251 e. The second kappa shape index (κ2) is 10.9. The maximum atomic E-state index is 12.7. The Kier molecular flexibility index (Phi) is 8.22. The first-order valence-electron chi connectivity index (χ1n) is 9.97. The van der Waals surface area contributed by atoms with Crippen LogP contribution < -0.4 is 10.0 Å². The highest BCUT2D eigenvalue weighted by molar-refractivity contribution is 7.89. The van der Waals surface area contributed by atoms with Gasteiger partial charge in [0.1, 0.15) is 0 Å². The van der Waals surface area contributed by atoms with Crippen LogP contribution in [0, 0.1) is 0 Å². The summed E-state index contributed by atoms with van der Waals surface area (Å²) < 4.78 is 32.2. The number of carbonyl (C=O) groups excluding carboxylic acids is 1. The van der Waals surface area contributed by atoms with E-state index >= 15 is 0 Å². The molecule has 0 aliphatic carbocycles. The third kappa shape index (κ3) is 6.38. The predicted octanol–water partition coefficient (Wildman–Crippen LogP) is 2.61. The van der Waals surface area contributed by atoms with Crippen molar-refractivity contribution in [2.24, 2.45) is 0 Å². The Hall–Kier alpha value is -2.23. The fourth-order valence-electron chi connectivity index (χ4n) is 3.36. The average Bonchev–Trinajstić information content (AvgIpc) is 2.79. The lowest BCUT2D eigenvalue weighted by molar-refractivity contribution is 0.0162. The van der Waals surface area contributed by atoms with Crippen LogP contribution in [0.3, 0.4) is 0 Å². The lowest BCUT2D eigenvalue weighted by Gasteiger charge is -2.35. The second-order valence-corrected chi connectivity index (χ2v) is 9.29. The van der Waals surface area contributed by atoms with Crippen molar-refractivity contribution in [3.63, 3.8) is 0 Å². The van der Waals surface area contributed by atoms with E-state index in [9.17, 15) is 13.2 Å². The van der Waals surface area contributed by atoms with Gasteiger partial charge >= 0.3 is 0 Å². The van der Waals surface area contributed by atoms with Crippen LogP contribution in [-0.4, -0.2) is 58.6 Å². The minimum absolute atomic E-state index is 0.0205. The summed E-state index contributed by atoms with van der Waals surface area (Å²) in [5.74, 6) is -0.268. The first-order chi connectivity index (χ1) is 14.9. The molecule has 0 saturated carbocycles. The molecule has 0 aromatic heterocycles. The molecule has 1 amide bonds. The van der Waals surface area contributed by atoms with Crippen LogP contribution in [0.4, 0.5) is 0 Å². The molecule has 0 bridgehead atoms. The van der Waals surface area contributed by atoms with Gasteiger partial charge in [0, 0.05) is 36.8 Å². The number of hydrogen-bond donors (Lipinski definition) is 2. The van der Waals surface area contributed by atoms with Crippen molar-refractivity contribution in [1.82, 2.24) is 14.9 Å². The average molecular weight is 464 g/mol. The van der Waals surface area contributed by atoms with E-state index in [1.807, 2.05) is 24.3 Å². The topological polar surface area (TPSA) is 87.7 Å². The number of hydrogen-bond acceptors (Lipinski definition) is 5. The Morgan fingerprint density at radius 2 is 1.77 bits per heavy atom. The molecule has 1 fully saturated rings. The minimum Gasteiger partial charge on any atom is -0.379 e. The number of carbonyl (C=O) groups is 1. The lowest BCUT2D eigenvalue weighted by atomic mass is 10.0. The van der Waals surface area contributed by atoms with Crippen LogP contribution in [0.1, 0.15) is 22.0 Å². The summed E-state index contributed by atoms with van der Waals surface area (Å²) >= 11 is 6.03. The number of amides is 1. The van der Waals surface area contributed by atoms with Gasteiger partial charge < -0.3 is 10.1 Å². The molecule has 2 aromatic carbocycles. The fourth-order valence-corrected chi connectivity index (χ4v) is 4.49. The molecule has 1 saturated heterocycles. The smallest absolute Gasteiger partial charge is 0.251 e. The third-order valence-corrected chi connectivity index (χ3v) is 6.73. The molecule has 0 spiro atoms. The number of sulfonamides is 1. The Bertz CT molecular complexity index is 988. The van der Waals surface area contributed by atoms with Crippen molar-refractivity contribution in [2.45, 2.75) is 10.9 Å². The number of rotatable bonds is 9. The highest BCUT2D eigenvalue weighted by Crippen LogP contribution is 2.23. The van der Waals surface area contributed by atoms with Gasteiger partial charge in [-0.2, -0.15) is 0 Å².